The Morgan fingerprint density at radius 1 is 1.13 bits per heavy atom. The molecule has 0 spiro atoms. The number of esters is 1. The first-order valence-electron chi connectivity index (χ1n) is 7.15. The highest BCUT2D eigenvalue weighted by Crippen LogP contribution is 2.10. The number of halogens is 1. The van der Waals surface area contributed by atoms with Crippen molar-refractivity contribution in [3.8, 4) is 0 Å². The van der Waals surface area contributed by atoms with Crippen molar-refractivity contribution in [1.82, 2.24) is 10.6 Å². The second kappa shape index (κ2) is 10.4. The Kier molecular flexibility index (Phi) is 8.46. The molecule has 0 heterocycles. The van der Waals surface area contributed by atoms with Crippen LogP contribution < -0.4 is 10.6 Å². The number of amides is 2. The van der Waals surface area contributed by atoms with Gasteiger partial charge >= 0.3 is 5.97 Å². The smallest absolute Gasteiger partial charge is 0.331 e. The van der Waals surface area contributed by atoms with Crippen molar-refractivity contribution in [2.45, 2.75) is 13.3 Å². The molecule has 0 unspecified atom stereocenters. The molecular formula is C16H19ClN2O4. The van der Waals surface area contributed by atoms with Gasteiger partial charge in [-0.15, -0.1) is 0 Å². The van der Waals surface area contributed by atoms with E-state index in [1.807, 2.05) is 6.92 Å². The summed E-state index contributed by atoms with van der Waals surface area (Å²) >= 11 is 5.75. The fraction of sp³-hybridized carbons (Fsp3) is 0.312. The Bertz CT molecular complexity index is 570. The first-order chi connectivity index (χ1) is 11.0. The van der Waals surface area contributed by atoms with Gasteiger partial charge in [0.2, 0.25) is 5.91 Å². The van der Waals surface area contributed by atoms with Crippen LogP contribution in [0, 0.1) is 0 Å². The second-order valence-electron chi connectivity index (χ2n) is 4.62. The third kappa shape index (κ3) is 8.63. The fourth-order valence-electron chi connectivity index (χ4n) is 1.48. The highest BCUT2D eigenvalue weighted by molar-refractivity contribution is 6.30. The molecule has 0 saturated heterocycles. The van der Waals surface area contributed by atoms with E-state index < -0.39 is 18.5 Å². The lowest BCUT2D eigenvalue weighted by Gasteiger charge is -2.06. The number of carbonyl (C=O) groups excluding carboxylic acids is 3. The molecule has 7 heteroatoms. The lowest BCUT2D eigenvalue weighted by Crippen LogP contribution is -2.38. The summed E-state index contributed by atoms with van der Waals surface area (Å²) in [6, 6.07) is 6.88. The minimum Gasteiger partial charge on any atom is -0.452 e. The maximum Gasteiger partial charge on any atom is 0.331 e. The normalized spacial score (nSPS) is 10.3. The average Bonchev–Trinajstić information content (AvgIpc) is 2.55. The first kappa shape index (κ1) is 18.7. The van der Waals surface area contributed by atoms with E-state index >= 15 is 0 Å². The summed E-state index contributed by atoms with van der Waals surface area (Å²) in [6.45, 7) is 1.90. The Balaban J connectivity index is 2.25. The van der Waals surface area contributed by atoms with Crippen molar-refractivity contribution in [1.29, 1.82) is 0 Å². The van der Waals surface area contributed by atoms with E-state index in [-0.39, 0.29) is 12.5 Å². The number of carbonyl (C=O) groups is 3. The van der Waals surface area contributed by atoms with Crippen LogP contribution in [0.2, 0.25) is 5.02 Å². The third-order valence-electron chi connectivity index (χ3n) is 2.65. The summed E-state index contributed by atoms with van der Waals surface area (Å²) in [7, 11) is 0. The van der Waals surface area contributed by atoms with E-state index in [2.05, 4.69) is 10.6 Å². The summed E-state index contributed by atoms with van der Waals surface area (Å²) in [4.78, 5) is 34.2. The summed E-state index contributed by atoms with van der Waals surface area (Å²) in [5, 5.41) is 5.57. The molecule has 0 aliphatic carbocycles. The van der Waals surface area contributed by atoms with E-state index in [4.69, 9.17) is 16.3 Å². The molecule has 0 radical (unpaired) electrons. The van der Waals surface area contributed by atoms with Gasteiger partial charge in [0.15, 0.2) is 6.61 Å². The van der Waals surface area contributed by atoms with Gasteiger partial charge in [-0.2, -0.15) is 0 Å². The van der Waals surface area contributed by atoms with E-state index in [1.54, 1.807) is 30.3 Å². The molecule has 0 saturated carbocycles. The maximum absolute atomic E-state index is 11.5. The predicted octanol–water partition coefficient (Wildman–Crippen LogP) is 1.54. The molecule has 0 bridgehead atoms. The zero-order valence-electron chi connectivity index (χ0n) is 12.8. The molecular weight excluding hydrogens is 320 g/mol. The molecule has 0 aliphatic rings. The van der Waals surface area contributed by atoms with Crippen LogP contribution in [0.4, 0.5) is 0 Å². The van der Waals surface area contributed by atoms with E-state index in [0.717, 1.165) is 12.0 Å². The fourth-order valence-corrected chi connectivity index (χ4v) is 1.61. The lowest BCUT2D eigenvalue weighted by molar-refractivity contribution is -0.143. The molecule has 2 amide bonds. The van der Waals surface area contributed by atoms with Gasteiger partial charge in [0.05, 0.1) is 6.54 Å². The van der Waals surface area contributed by atoms with Gasteiger partial charge in [-0.05, 0) is 30.2 Å². The van der Waals surface area contributed by atoms with Crippen LogP contribution in [0.15, 0.2) is 30.3 Å². The number of nitrogens with one attached hydrogen (secondary N) is 2. The van der Waals surface area contributed by atoms with Crippen LogP contribution in [-0.2, 0) is 19.1 Å². The highest BCUT2D eigenvalue weighted by atomic mass is 35.5. The molecule has 0 aromatic heterocycles. The first-order valence-corrected chi connectivity index (χ1v) is 7.53. The van der Waals surface area contributed by atoms with Crippen LogP contribution >= 0.6 is 11.6 Å². The van der Waals surface area contributed by atoms with Crippen LogP contribution in [0.1, 0.15) is 18.9 Å². The van der Waals surface area contributed by atoms with Gasteiger partial charge in [-0.25, -0.2) is 4.79 Å². The van der Waals surface area contributed by atoms with Crippen molar-refractivity contribution in [3.05, 3.63) is 40.9 Å². The quantitative estimate of drug-likeness (QED) is 0.556. The Hall–Kier alpha value is -2.34. The molecule has 1 rings (SSSR count). The van der Waals surface area contributed by atoms with E-state index in [9.17, 15) is 14.4 Å². The Labute approximate surface area is 139 Å². The number of ether oxygens (including phenoxy) is 1. The number of rotatable bonds is 8. The number of hydrogen-bond acceptors (Lipinski definition) is 4. The van der Waals surface area contributed by atoms with Crippen LogP contribution in [0.25, 0.3) is 6.08 Å². The van der Waals surface area contributed by atoms with Crippen molar-refractivity contribution < 1.29 is 19.1 Å². The second-order valence-corrected chi connectivity index (χ2v) is 5.06. The van der Waals surface area contributed by atoms with Crippen molar-refractivity contribution in [2.24, 2.45) is 0 Å². The average molecular weight is 339 g/mol. The predicted molar refractivity (Wildman–Crippen MR) is 87.8 cm³/mol. The number of benzene rings is 1. The van der Waals surface area contributed by atoms with Gasteiger partial charge in [0.25, 0.3) is 5.91 Å². The summed E-state index contributed by atoms with van der Waals surface area (Å²) in [6.07, 6.45) is 3.58. The SMILES string of the molecule is CCCNC(=O)CNC(=O)COC(=O)/C=C/c1ccc(Cl)cc1. The monoisotopic (exact) mass is 338 g/mol. The van der Waals surface area contributed by atoms with Crippen molar-refractivity contribution >= 4 is 35.5 Å². The highest BCUT2D eigenvalue weighted by Gasteiger charge is 2.07. The molecule has 0 aliphatic heterocycles. The topological polar surface area (TPSA) is 84.5 Å². The van der Waals surface area contributed by atoms with Crippen LogP contribution in [0.3, 0.4) is 0 Å². The third-order valence-corrected chi connectivity index (χ3v) is 2.90. The molecule has 1 aromatic rings. The summed E-state index contributed by atoms with van der Waals surface area (Å²) in [5.41, 5.74) is 0.781. The van der Waals surface area contributed by atoms with Gasteiger partial charge in [0, 0.05) is 17.6 Å². The van der Waals surface area contributed by atoms with Gasteiger partial charge < -0.3 is 15.4 Å². The molecule has 124 valence electrons. The maximum atomic E-state index is 11.5. The lowest BCUT2D eigenvalue weighted by atomic mass is 10.2. The molecule has 2 N–H and O–H groups in total. The zero-order chi connectivity index (χ0) is 17.1. The van der Waals surface area contributed by atoms with Gasteiger partial charge in [-0.1, -0.05) is 30.7 Å². The Morgan fingerprint density at radius 2 is 1.83 bits per heavy atom. The largest absolute Gasteiger partial charge is 0.452 e. The molecule has 23 heavy (non-hydrogen) atoms. The van der Waals surface area contributed by atoms with Gasteiger partial charge in [0.1, 0.15) is 0 Å². The molecule has 0 atom stereocenters. The van der Waals surface area contributed by atoms with E-state index in [0.29, 0.717) is 11.6 Å². The molecule has 6 nitrogen and oxygen atoms in total. The molecule has 0 fully saturated rings. The van der Waals surface area contributed by atoms with Crippen LogP contribution in [0.5, 0.6) is 0 Å². The van der Waals surface area contributed by atoms with Crippen molar-refractivity contribution in [2.75, 3.05) is 19.7 Å². The minimum atomic E-state index is -0.648. The van der Waals surface area contributed by atoms with Crippen molar-refractivity contribution in [3.63, 3.8) is 0 Å². The standard InChI is InChI=1S/C16H19ClN2O4/c1-2-9-18-14(20)10-19-15(21)11-23-16(22)8-5-12-3-6-13(17)7-4-12/h3-8H,2,9-11H2,1H3,(H,18,20)(H,19,21)/b8-5+. The van der Waals surface area contributed by atoms with Gasteiger partial charge in [-0.3, -0.25) is 9.59 Å². The zero-order valence-corrected chi connectivity index (χ0v) is 13.6. The molecule has 1 aromatic carbocycles. The summed E-state index contributed by atoms with van der Waals surface area (Å²) < 4.78 is 4.77. The van der Waals surface area contributed by atoms with E-state index in [1.165, 1.54) is 6.08 Å². The Morgan fingerprint density at radius 3 is 2.48 bits per heavy atom. The van der Waals surface area contributed by atoms with Crippen LogP contribution in [-0.4, -0.2) is 37.5 Å². The minimum absolute atomic E-state index is 0.142. The summed E-state index contributed by atoms with van der Waals surface area (Å²) in [5.74, 6) is -1.47. The number of hydrogen-bond donors (Lipinski definition) is 2.